The number of carbonyl (C=O) groups excluding carboxylic acids is 6. The molecular weight excluding hydrogens is 552 g/mol. The zero-order valence-electron chi connectivity index (χ0n) is 22.4. The molecule has 0 saturated heterocycles. The van der Waals surface area contributed by atoms with Crippen LogP contribution in [0.3, 0.4) is 0 Å². The highest BCUT2D eigenvalue weighted by Gasteiger charge is 2.69. The normalized spacial score (nSPS) is 23.9. The summed E-state index contributed by atoms with van der Waals surface area (Å²) in [7, 11) is 2.13. The van der Waals surface area contributed by atoms with E-state index in [0.29, 0.717) is 0 Å². The molecule has 0 aromatic heterocycles. The number of Topliss-reactive ketones (excluding diaryl/α,β-unsaturated/α-hetero) is 4. The van der Waals surface area contributed by atoms with Gasteiger partial charge in [-0.05, 0) is 18.6 Å². The number of aliphatic hydroxyl groups excluding tert-OH is 2. The van der Waals surface area contributed by atoms with Gasteiger partial charge in [-0.15, -0.1) is 0 Å². The molecule has 5 rings (SSSR count). The van der Waals surface area contributed by atoms with Crippen LogP contribution in [0.5, 0.6) is 11.5 Å². The Bertz CT molecular complexity index is 1620. The van der Waals surface area contributed by atoms with Gasteiger partial charge < -0.3 is 29.9 Å². The second kappa shape index (κ2) is 10.3. The van der Waals surface area contributed by atoms with E-state index in [2.05, 4.69) is 9.47 Å². The molecular formula is C30H26O12. The fraction of sp³-hybridized carbons (Fsp3) is 0.333. The molecule has 218 valence electrons. The van der Waals surface area contributed by atoms with Gasteiger partial charge in [0.15, 0.2) is 23.1 Å². The number of fused-ring (bicyclic) bond motifs is 4. The summed E-state index contributed by atoms with van der Waals surface area (Å²) in [6, 6.07) is 7.42. The summed E-state index contributed by atoms with van der Waals surface area (Å²) < 4.78 is 9.28. The van der Waals surface area contributed by atoms with Gasteiger partial charge in [-0.2, -0.15) is 0 Å². The van der Waals surface area contributed by atoms with Gasteiger partial charge in [0.1, 0.15) is 11.5 Å². The maximum absolute atomic E-state index is 14.5. The highest BCUT2D eigenvalue weighted by molar-refractivity contribution is 6.34. The number of allylic oxidation sites excluding steroid dienone is 1. The Morgan fingerprint density at radius 3 is 2.02 bits per heavy atom. The molecule has 0 radical (unpaired) electrons. The Labute approximate surface area is 238 Å². The maximum atomic E-state index is 14.5. The second-order valence-corrected chi connectivity index (χ2v) is 10.5. The number of benzene rings is 2. The van der Waals surface area contributed by atoms with Gasteiger partial charge in [-0.25, -0.2) is 0 Å². The Morgan fingerprint density at radius 2 is 1.40 bits per heavy atom. The van der Waals surface area contributed by atoms with Crippen LogP contribution in [0.15, 0.2) is 47.5 Å². The van der Waals surface area contributed by atoms with E-state index in [1.165, 1.54) is 24.3 Å². The minimum absolute atomic E-state index is 0.252. The summed E-state index contributed by atoms with van der Waals surface area (Å²) in [6.07, 6.45) is -5.66. The third-order valence-electron chi connectivity index (χ3n) is 8.35. The molecule has 42 heavy (non-hydrogen) atoms. The van der Waals surface area contributed by atoms with Crippen LogP contribution in [0, 0.1) is 17.3 Å². The summed E-state index contributed by atoms with van der Waals surface area (Å²) in [5.74, 6) is -10.1. The van der Waals surface area contributed by atoms with Crippen molar-refractivity contribution in [3.8, 4) is 11.5 Å². The monoisotopic (exact) mass is 578 g/mol. The SMILES string of the molecule is COC(=O)C[C@@H](O)C[C@]12C(=O)c3cccc(O)c3C(=O)[C@H]1[C@H]([C@H](O)CC(=O)OC)C1=C2C(=O)c2c(O)cccc2C1=O. The molecule has 0 amide bonds. The van der Waals surface area contributed by atoms with E-state index in [9.17, 15) is 49.2 Å². The van der Waals surface area contributed by atoms with E-state index in [1.54, 1.807) is 0 Å². The van der Waals surface area contributed by atoms with Gasteiger partial charge in [-0.3, -0.25) is 28.8 Å². The lowest BCUT2D eigenvalue weighted by Gasteiger charge is -2.43. The van der Waals surface area contributed by atoms with Crippen molar-refractivity contribution < 1.29 is 58.7 Å². The predicted molar refractivity (Wildman–Crippen MR) is 140 cm³/mol. The molecule has 0 spiro atoms. The van der Waals surface area contributed by atoms with E-state index in [-0.39, 0.29) is 11.1 Å². The number of aromatic hydroxyl groups is 2. The largest absolute Gasteiger partial charge is 0.507 e. The number of aliphatic hydroxyl groups is 2. The van der Waals surface area contributed by atoms with Crippen molar-refractivity contribution in [1.82, 2.24) is 0 Å². The van der Waals surface area contributed by atoms with Gasteiger partial charge in [-0.1, -0.05) is 24.3 Å². The van der Waals surface area contributed by atoms with E-state index in [4.69, 9.17) is 0 Å². The van der Waals surface area contributed by atoms with Crippen molar-refractivity contribution in [2.24, 2.45) is 17.3 Å². The molecule has 2 aromatic carbocycles. The zero-order chi connectivity index (χ0) is 30.7. The van der Waals surface area contributed by atoms with Crippen molar-refractivity contribution in [3.63, 3.8) is 0 Å². The van der Waals surface area contributed by atoms with Crippen molar-refractivity contribution in [1.29, 1.82) is 0 Å². The number of ether oxygens (including phenoxy) is 2. The van der Waals surface area contributed by atoms with Gasteiger partial charge in [0.25, 0.3) is 0 Å². The number of ketones is 4. The van der Waals surface area contributed by atoms with Crippen LogP contribution in [0.25, 0.3) is 0 Å². The van der Waals surface area contributed by atoms with E-state index in [0.717, 1.165) is 26.4 Å². The number of hydrogen-bond donors (Lipinski definition) is 4. The first-order valence-electron chi connectivity index (χ1n) is 13.0. The molecule has 0 saturated carbocycles. The maximum Gasteiger partial charge on any atom is 0.308 e. The Hall–Kier alpha value is -4.68. The van der Waals surface area contributed by atoms with Crippen molar-refractivity contribution >= 4 is 35.1 Å². The fourth-order valence-corrected chi connectivity index (χ4v) is 6.73. The summed E-state index contributed by atoms with van der Waals surface area (Å²) in [5.41, 5.74) is -4.71. The molecule has 3 aliphatic carbocycles. The summed E-state index contributed by atoms with van der Waals surface area (Å²) in [6.45, 7) is 0. The fourth-order valence-electron chi connectivity index (χ4n) is 6.73. The smallest absolute Gasteiger partial charge is 0.308 e. The molecule has 4 N–H and O–H groups in total. The average Bonchev–Trinajstić information content (AvgIpc) is 3.26. The quantitative estimate of drug-likeness (QED) is 0.344. The van der Waals surface area contributed by atoms with E-state index in [1.807, 2.05) is 0 Å². The summed E-state index contributed by atoms with van der Waals surface area (Å²) in [5, 5.41) is 43.7. The minimum atomic E-state index is -2.34. The first kappa shape index (κ1) is 28.8. The molecule has 0 aliphatic heterocycles. The molecule has 2 aromatic rings. The van der Waals surface area contributed by atoms with Crippen molar-refractivity contribution in [2.75, 3.05) is 14.2 Å². The average molecular weight is 579 g/mol. The highest BCUT2D eigenvalue weighted by atomic mass is 16.5. The van der Waals surface area contributed by atoms with Crippen LogP contribution >= 0.6 is 0 Å². The van der Waals surface area contributed by atoms with Crippen LogP contribution in [0.1, 0.15) is 60.7 Å². The molecule has 0 unspecified atom stereocenters. The Balaban J connectivity index is 1.85. The summed E-state index contributed by atoms with van der Waals surface area (Å²) >= 11 is 0. The highest BCUT2D eigenvalue weighted by Crippen LogP contribution is 2.63. The molecule has 3 aliphatic rings. The van der Waals surface area contributed by atoms with Gasteiger partial charge in [0.2, 0.25) is 0 Å². The number of phenols is 2. The standard InChI is InChI=1S/C30H26O12/c1-41-18(35)9-12(31)11-30-24(28(39)21-14(29(30)40)6-4-8-16(21)33)22(17(34)10-19(36)42-2)23-25(30)27(38)20-13(26(23)37)5-3-7-15(20)32/h3-8,12,17,22,24,31-34H,9-11H2,1-2H3/t12-,17-,22-,24-,30+/m1/s1. The molecule has 12 heteroatoms. The van der Waals surface area contributed by atoms with Gasteiger partial charge >= 0.3 is 11.9 Å². The first-order chi connectivity index (χ1) is 19.9. The minimum Gasteiger partial charge on any atom is -0.507 e. The van der Waals surface area contributed by atoms with Gasteiger partial charge in [0.05, 0.1) is 55.8 Å². The number of methoxy groups -OCH3 is 2. The third kappa shape index (κ3) is 3.97. The number of carbonyl (C=O) groups is 6. The number of esters is 2. The third-order valence-corrected chi connectivity index (χ3v) is 8.35. The van der Waals surface area contributed by atoms with E-state index >= 15 is 0 Å². The van der Waals surface area contributed by atoms with E-state index < -0.39 is 118 Å². The zero-order valence-corrected chi connectivity index (χ0v) is 22.4. The van der Waals surface area contributed by atoms with Crippen LogP contribution in [-0.2, 0) is 19.1 Å². The van der Waals surface area contributed by atoms with Crippen LogP contribution < -0.4 is 0 Å². The molecule has 12 nitrogen and oxygen atoms in total. The molecule has 0 heterocycles. The number of phenolic OH excluding ortho intramolecular Hbond substituents is 2. The Kier molecular flexibility index (Phi) is 7.07. The first-order valence-corrected chi connectivity index (χ1v) is 13.0. The lowest BCUT2D eigenvalue weighted by Crippen LogP contribution is -2.52. The van der Waals surface area contributed by atoms with Crippen LogP contribution in [-0.4, -0.2) is 81.9 Å². The molecule has 0 fully saturated rings. The van der Waals surface area contributed by atoms with Crippen LogP contribution in [0.4, 0.5) is 0 Å². The topological polar surface area (TPSA) is 202 Å². The summed E-state index contributed by atoms with van der Waals surface area (Å²) in [4.78, 5) is 81.4. The van der Waals surface area contributed by atoms with Crippen molar-refractivity contribution in [3.05, 3.63) is 69.8 Å². The molecule has 0 bridgehead atoms. The van der Waals surface area contributed by atoms with Crippen LogP contribution in [0.2, 0.25) is 0 Å². The van der Waals surface area contributed by atoms with Gasteiger partial charge in [0, 0.05) is 34.1 Å². The number of hydrogen-bond acceptors (Lipinski definition) is 12. The lowest BCUT2D eigenvalue weighted by atomic mass is 9.56. The Morgan fingerprint density at radius 1 is 0.833 bits per heavy atom. The second-order valence-electron chi connectivity index (χ2n) is 10.5. The predicted octanol–water partition coefficient (Wildman–Crippen LogP) is 1.32. The van der Waals surface area contributed by atoms with Crippen molar-refractivity contribution in [2.45, 2.75) is 31.5 Å². The lowest BCUT2D eigenvalue weighted by molar-refractivity contribution is -0.144. The molecule has 5 atom stereocenters. The number of rotatable bonds is 7.